The van der Waals surface area contributed by atoms with E-state index in [4.69, 9.17) is 5.11 Å². The lowest BCUT2D eigenvalue weighted by Crippen LogP contribution is -2.47. The van der Waals surface area contributed by atoms with Crippen molar-refractivity contribution in [1.82, 2.24) is 4.72 Å². The van der Waals surface area contributed by atoms with Crippen molar-refractivity contribution in [3.8, 4) is 0 Å². The number of benzene rings is 1. The average molecular weight is 441 g/mol. The van der Waals surface area contributed by atoms with Crippen LogP contribution < -0.4 is 4.72 Å². The highest BCUT2D eigenvalue weighted by molar-refractivity contribution is 9.11. The van der Waals surface area contributed by atoms with Crippen LogP contribution in [-0.2, 0) is 14.8 Å². The average Bonchev–Trinajstić information content (AvgIpc) is 2.78. The zero-order valence-electron chi connectivity index (χ0n) is 11.1. The van der Waals surface area contributed by atoms with Gasteiger partial charge in [0.1, 0.15) is 0 Å². The molecule has 2 rings (SSSR count). The zero-order chi connectivity index (χ0) is 15.7. The maximum atomic E-state index is 12.6. The lowest BCUT2D eigenvalue weighted by Gasteiger charge is -2.28. The van der Waals surface area contributed by atoms with E-state index in [1.807, 2.05) is 0 Å². The van der Waals surface area contributed by atoms with E-state index < -0.39 is 21.5 Å². The Morgan fingerprint density at radius 3 is 2.48 bits per heavy atom. The van der Waals surface area contributed by atoms with Crippen LogP contribution in [-0.4, -0.2) is 25.0 Å². The number of rotatable bonds is 5. The van der Waals surface area contributed by atoms with Gasteiger partial charge in [0.05, 0.1) is 11.3 Å². The predicted molar refractivity (Wildman–Crippen MR) is 85.6 cm³/mol. The molecule has 1 aromatic rings. The molecule has 1 aliphatic rings. The molecule has 0 amide bonds. The third kappa shape index (κ3) is 4.06. The normalized spacial score (nSPS) is 17.8. The molecule has 1 aromatic carbocycles. The standard InChI is InChI=1S/C13H15Br2NO4S/c14-9-3-4-10(15)11(7-9)21(19,20)16-13(8-12(17)18)5-1-2-6-13/h3-4,7,16H,1-2,5-6,8H2,(H,17,18). The number of nitrogens with one attached hydrogen (secondary N) is 1. The molecule has 0 atom stereocenters. The number of hydrogen-bond donors (Lipinski definition) is 2. The van der Waals surface area contributed by atoms with Gasteiger partial charge in [-0.25, -0.2) is 13.1 Å². The van der Waals surface area contributed by atoms with Crippen molar-refractivity contribution in [3.05, 3.63) is 27.1 Å². The van der Waals surface area contributed by atoms with Gasteiger partial charge in [0.15, 0.2) is 0 Å². The van der Waals surface area contributed by atoms with Crippen molar-refractivity contribution in [2.75, 3.05) is 0 Å². The first-order valence-electron chi connectivity index (χ1n) is 6.45. The van der Waals surface area contributed by atoms with Gasteiger partial charge >= 0.3 is 5.97 Å². The van der Waals surface area contributed by atoms with Gasteiger partial charge in [-0.1, -0.05) is 28.8 Å². The number of carboxylic acid groups (broad SMARTS) is 1. The summed E-state index contributed by atoms with van der Waals surface area (Å²) in [5, 5.41) is 9.05. The molecule has 0 spiro atoms. The first kappa shape index (κ1) is 16.9. The lowest BCUT2D eigenvalue weighted by atomic mass is 9.95. The van der Waals surface area contributed by atoms with Crippen molar-refractivity contribution in [2.24, 2.45) is 0 Å². The molecule has 0 radical (unpaired) electrons. The first-order valence-corrected chi connectivity index (χ1v) is 9.52. The molecular weight excluding hydrogens is 426 g/mol. The Morgan fingerprint density at radius 1 is 1.29 bits per heavy atom. The fourth-order valence-electron chi connectivity index (χ4n) is 2.68. The van der Waals surface area contributed by atoms with Crippen LogP contribution in [0.15, 0.2) is 32.0 Å². The Hall–Kier alpha value is -0.440. The maximum Gasteiger partial charge on any atom is 0.305 e. The predicted octanol–water partition coefficient (Wildman–Crippen LogP) is 3.28. The molecule has 8 heteroatoms. The van der Waals surface area contributed by atoms with Crippen LogP contribution >= 0.6 is 31.9 Å². The van der Waals surface area contributed by atoms with E-state index in [9.17, 15) is 13.2 Å². The molecule has 0 aliphatic heterocycles. The van der Waals surface area contributed by atoms with E-state index in [0.717, 1.165) is 12.8 Å². The molecule has 0 unspecified atom stereocenters. The summed E-state index contributed by atoms with van der Waals surface area (Å²) in [6.07, 6.45) is 2.55. The summed E-state index contributed by atoms with van der Waals surface area (Å²) in [6.45, 7) is 0. The van der Waals surface area contributed by atoms with Crippen LogP contribution in [0.5, 0.6) is 0 Å². The SMILES string of the molecule is O=C(O)CC1(NS(=O)(=O)c2cc(Br)ccc2Br)CCCC1. The van der Waals surface area contributed by atoms with E-state index >= 15 is 0 Å². The van der Waals surface area contributed by atoms with E-state index in [1.165, 1.54) is 6.07 Å². The minimum absolute atomic E-state index is 0.105. The summed E-state index contributed by atoms with van der Waals surface area (Å²) in [5.74, 6) is -0.993. The number of carbonyl (C=O) groups is 1. The zero-order valence-corrected chi connectivity index (χ0v) is 15.1. The van der Waals surface area contributed by atoms with Gasteiger partial charge in [0, 0.05) is 14.5 Å². The van der Waals surface area contributed by atoms with Crippen LogP contribution in [0.4, 0.5) is 0 Å². The molecule has 1 fully saturated rings. The molecule has 21 heavy (non-hydrogen) atoms. The molecule has 5 nitrogen and oxygen atoms in total. The van der Waals surface area contributed by atoms with Crippen LogP contribution in [0.2, 0.25) is 0 Å². The third-order valence-electron chi connectivity index (χ3n) is 3.58. The molecular formula is C13H15Br2NO4S. The number of aliphatic carboxylic acids is 1. The van der Waals surface area contributed by atoms with E-state index in [2.05, 4.69) is 36.6 Å². The Kier molecular flexibility index (Phi) is 5.12. The fraction of sp³-hybridized carbons (Fsp3) is 0.462. The smallest absolute Gasteiger partial charge is 0.305 e. The minimum Gasteiger partial charge on any atom is -0.481 e. The van der Waals surface area contributed by atoms with Gasteiger partial charge in [-0.3, -0.25) is 4.79 Å². The number of hydrogen-bond acceptors (Lipinski definition) is 3. The van der Waals surface area contributed by atoms with Gasteiger partial charge in [-0.15, -0.1) is 0 Å². The van der Waals surface area contributed by atoms with Crippen molar-refractivity contribution in [3.63, 3.8) is 0 Å². The number of sulfonamides is 1. The lowest BCUT2D eigenvalue weighted by molar-refractivity contribution is -0.138. The van der Waals surface area contributed by atoms with Gasteiger partial charge in [-0.2, -0.15) is 0 Å². The summed E-state index contributed by atoms with van der Waals surface area (Å²) in [4.78, 5) is 11.2. The monoisotopic (exact) mass is 439 g/mol. The summed E-state index contributed by atoms with van der Waals surface area (Å²) in [7, 11) is -3.79. The molecule has 0 aromatic heterocycles. The molecule has 1 aliphatic carbocycles. The van der Waals surface area contributed by atoms with Crippen LogP contribution in [0.3, 0.4) is 0 Å². The van der Waals surface area contributed by atoms with Crippen LogP contribution in [0.25, 0.3) is 0 Å². The van der Waals surface area contributed by atoms with Gasteiger partial charge in [0.25, 0.3) is 0 Å². The topological polar surface area (TPSA) is 83.5 Å². The minimum atomic E-state index is -3.79. The Bertz CT molecular complexity index is 654. The quantitative estimate of drug-likeness (QED) is 0.735. The van der Waals surface area contributed by atoms with E-state index in [0.29, 0.717) is 21.8 Å². The number of halogens is 2. The van der Waals surface area contributed by atoms with Crippen LogP contribution in [0, 0.1) is 0 Å². The summed E-state index contributed by atoms with van der Waals surface area (Å²) in [5.41, 5.74) is -0.883. The molecule has 0 bridgehead atoms. The molecule has 0 heterocycles. The highest BCUT2D eigenvalue weighted by Gasteiger charge is 2.40. The van der Waals surface area contributed by atoms with Crippen molar-refractivity contribution >= 4 is 47.9 Å². The second-order valence-electron chi connectivity index (χ2n) is 5.24. The van der Waals surface area contributed by atoms with Crippen molar-refractivity contribution in [1.29, 1.82) is 0 Å². The fourth-order valence-corrected chi connectivity index (χ4v) is 5.64. The third-order valence-corrected chi connectivity index (χ3v) is 6.65. The Balaban J connectivity index is 2.35. The van der Waals surface area contributed by atoms with Gasteiger partial charge in [0.2, 0.25) is 10.0 Å². The van der Waals surface area contributed by atoms with Crippen LogP contribution in [0.1, 0.15) is 32.1 Å². The second kappa shape index (κ2) is 6.36. The molecule has 2 N–H and O–H groups in total. The largest absolute Gasteiger partial charge is 0.481 e. The summed E-state index contributed by atoms with van der Waals surface area (Å²) < 4.78 is 28.9. The molecule has 1 saturated carbocycles. The highest BCUT2D eigenvalue weighted by Crippen LogP contribution is 2.35. The van der Waals surface area contributed by atoms with Gasteiger partial charge < -0.3 is 5.11 Å². The Morgan fingerprint density at radius 2 is 1.90 bits per heavy atom. The van der Waals surface area contributed by atoms with Gasteiger partial charge in [-0.05, 0) is 47.0 Å². The van der Waals surface area contributed by atoms with E-state index in [1.54, 1.807) is 12.1 Å². The second-order valence-corrected chi connectivity index (χ2v) is 8.66. The van der Waals surface area contributed by atoms with E-state index in [-0.39, 0.29) is 11.3 Å². The van der Waals surface area contributed by atoms with Crippen molar-refractivity contribution in [2.45, 2.75) is 42.5 Å². The van der Waals surface area contributed by atoms with Crippen molar-refractivity contribution < 1.29 is 18.3 Å². The highest BCUT2D eigenvalue weighted by atomic mass is 79.9. The summed E-state index contributed by atoms with van der Waals surface area (Å²) in [6, 6.07) is 4.86. The Labute approximate surface area is 140 Å². The number of carboxylic acids is 1. The first-order chi connectivity index (χ1) is 9.74. The maximum absolute atomic E-state index is 12.6. The molecule has 0 saturated heterocycles. The summed E-state index contributed by atoms with van der Waals surface area (Å²) >= 11 is 6.48. The molecule has 116 valence electrons.